The normalized spacial score (nSPS) is 19.3. The first-order valence-corrected chi connectivity index (χ1v) is 10.4. The van der Waals surface area contributed by atoms with Crippen molar-refractivity contribution in [1.82, 2.24) is 4.57 Å². The van der Waals surface area contributed by atoms with Gasteiger partial charge in [0.05, 0.1) is 18.9 Å². The molecule has 2 aromatic rings. The summed E-state index contributed by atoms with van der Waals surface area (Å²) in [4.78, 5) is 24.1. The lowest BCUT2D eigenvalue weighted by molar-refractivity contribution is 0.0694. The van der Waals surface area contributed by atoms with E-state index in [2.05, 4.69) is 19.9 Å². The first-order chi connectivity index (χ1) is 13.9. The van der Waals surface area contributed by atoms with E-state index in [0.717, 1.165) is 53.3 Å². The van der Waals surface area contributed by atoms with Crippen molar-refractivity contribution in [3.63, 3.8) is 0 Å². The third kappa shape index (κ3) is 3.02. The molecule has 3 aliphatic rings. The van der Waals surface area contributed by atoms with Gasteiger partial charge >= 0.3 is 5.97 Å². The van der Waals surface area contributed by atoms with Crippen LogP contribution < -0.4 is 14.9 Å². The summed E-state index contributed by atoms with van der Waals surface area (Å²) in [6.45, 7) is 5.56. The van der Waals surface area contributed by atoms with Crippen LogP contribution in [0.25, 0.3) is 11.3 Å². The summed E-state index contributed by atoms with van der Waals surface area (Å²) in [6.07, 6.45) is 5.51. The number of aromatic nitrogens is 1. The predicted octanol–water partition coefficient (Wildman–Crippen LogP) is 3.69. The van der Waals surface area contributed by atoms with Gasteiger partial charge in [0.15, 0.2) is 16.9 Å². The van der Waals surface area contributed by atoms with Gasteiger partial charge in [0.1, 0.15) is 5.56 Å². The zero-order valence-electron chi connectivity index (χ0n) is 16.7. The van der Waals surface area contributed by atoms with Crippen molar-refractivity contribution in [3.8, 4) is 22.8 Å². The minimum atomic E-state index is -1.18. The second-order valence-corrected chi connectivity index (χ2v) is 8.73. The predicted molar refractivity (Wildman–Crippen MR) is 108 cm³/mol. The van der Waals surface area contributed by atoms with E-state index in [0.29, 0.717) is 12.5 Å². The van der Waals surface area contributed by atoms with E-state index in [-0.39, 0.29) is 17.5 Å². The third-order valence-electron chi connectivity index (χ3n) is 6.32. The number of carboxylic acid groups (broad SMARTS) is 1. The van der Waals surface area contributed by atoms with Crippen molar-refractivity contribution < 1.29 is 19.4 Å². The minimum Gasteiger partial charge on any atom is -0.489 e. The van der Waals surface area contributed by atoms with Gasteiger partial charge in [-0.2, -0.15) is 0 Å². The van der Waals surface area contributed by atoms with Crippen LogP contribution in [0.3, 0.4) is 0 Å². The Morgan fingerprint density at radius 3 is 2.83 bits per heavy atom. The number of nitrogens with zero attached hydrogens (tertiary/aromatic N) is 1. The molecule has 2 aliphatic heterocycles. The summed E-state index contributed by atoms with van der Waals surface area (Å²) in [5.74, 6) is 1.35. The molecule has 1 atom stereocenters. The van der Waals surface area contributed by atoms with Crippen LogP contribution in [0.2, 0.25) is 0 Å². The number of fused-ring (bicyclic) bond motifs is 5. The summed E-state index contributed by atoms with van der Waals surface area (Å²) in [5.41, 5.74) is 3.39. The molecule has 0 amide bonds. The SMILES string of the molecule is CC(C)[C@@H]1Cc2cc(OCC3CC3)c3c(c2-c2cc(=O)c(C(=O)O)cn21)CCO3. The molecule has 1 saturated carbocycles. The van der Waals surface area contributed by atoms with Crippen LogP contribution in [0.15, 0.2) is 23.1 Å². The Hall–Kier alpha value is -2.76. The average molecular weight is 395 g/mol. The van der Waals surface area contributed by atoms with Gasteiger partial charge in [-0.25, -0.2) is 4.79 Å². The molecule has 0 spiro atoms. The fraction of sp³-hybridized carbons (Fsp3) is 0.478. The fourth-order valence-corrected chi connectivity index (χ4v) is 4.55. The van der Waals surface area contributed by atoms with E-state index in [1.54, 1.807) is 0 Å². The van der Waals surface area contributed by atoms with Crippen molar-refractivity contribution in [3.05, 3.63) is 45.2 Å². The molecule has 152 valence electrons. The summed E-state index contributed by atoms with van der Waals surface area (Å²) >= 11 is 0. The number of benzene rings is 1. The standard InChI is InChI=1S/C23H25NO5/c1-12(2)17-7-14-8-20(29-11-13-3-4-13)22-15(5-6-28-22)21(14)18-9-19(25)16(23(26)27)10-24(17)18/h8-10,12-13,17H,3-7,11H2,1-2H3,(H,26,27)/t17-/m0/s1. The van der Waals surface area contributed by atoms with Crippen LogP contribution >= 0.6 is 0 Å². The van der Waals surface area contributed by atoms with Crippen LogP contribution in [0.4, 0.5) is 0 Å². The summed E-state index contributed by atoms with van der Waals surface area (Å²) < 4.78 is 14.0. The lowest BCUT2D eigenvalue weighted by Crippen LogP contribution is -2.28. The van der Waals surface area contributed by atoms with E-state index in [4.69, 9.17) is 9.47 Å². The number of pyridine rings is 1. The first-order valence-electron chi connectivity index (χ1n) is 10.4. The molecule has 1 aromatic carbocycles. The van der Waals surface area contributed by atoms with Gasteiger partial charge in [-0.3, -0.25) is 4.79 Å². The van der Waals surface area contributed by atoms with Gasteiger partial charge in [-0.15, -0.1) is 0 Å². The Kier molecular flexibility index (Phi) is 4.19. The largest absolute Gasteiger partial charge is 0.489 e. The van der Waals surface area contributed by atoms with Gasteiger partial charge in [0.25, 0.3) is 0 Å². The highest BCUT2D eigenvalue weighted by atomic mass is 16.5. The second-order valence-electron chi connectivity index (χ2n) is 8.73. The zero-order valence-corrected chi connectivity index (χ0v) is 16.7. The van der Waals surface area contributed by atoms with Crippen molar-refractivity contribution in [2.24, 2.45) is 11.8 Å². The highest BCUT2D eigenvalue weighted by Gasteiger charge is 2.34. The van der Waals surface area contributed by atoms with E-state index >= 15 is 0 Å². The summed E-state index contributed by atoms with van der Waals surface area (Å²) in [6, 6.07) is 3.64. The Labute approximate surface area is 169 Å². The maximum Gasteiger partial charge on any atom is 0.341 e. The molecule has 3 heterocycles. The Balaban J connectivity index is 1.70. The number of ether oxygens (including phenoxy) is 2. The van der Waals surface area contributed by atoms with Gasteiger partial charge < -0.3 is 19.1 Å². The summed E-state index contributed by atoms with van der Waals surface area (Å²) in [7, 11) is 0. The Bertz CT molecular complexity index is 1060. The van der Waals surface area contributed by atoms with Crippen LogP contribution in [-0.4, -0.2) is 28.9 Å². The maximum absolute atomic E-state index is 12.5. The lowest BCUT2D eigenvalue weighted by Gasteiger charge is -2.34. The summed E-state index contributed by atoms with van der Waals surface area (Å²) in [5, 5.41) is 9.44. The number of rotatable bonds is 5. The molecule has 6 heteroatoms. The van der Waals surface area contributed by atoms with Crippen molar-refractivity contribution in [2.75, 3.05) is 13.2 Å². The van der Waals surface area contributed by atoms with Crippen molar-refractivity contribution in [1.29, 1.82) is 0 Å². The van der Waals surface area contributed by atoms with Gasteiger partial charge in [-0.1, -0.05) is 13.8 Å². The van der Waals surface area contributed by atoms with E-state index in [9.17, 15) is 14.7 Å². The minimum absolute atomic E-state index is 0.0767. The number of carbonyl (C=O) groups is 1. The Morgan fingerprint density at radius 2 is 2.14 bits per heavy atom. The number of hydrogen-bond donors (Lipinski definition) is 1. The molecule has 0 saturated heterocycles. The molecule has 1 N–H and O–H groups in total. The lowest BCUT2D eigenvalue weighted by atomic mass is 9.84. The van der Waals surface area contributed by atoms with Gasteiger partial charge in [0.2, 0.25) is 0 Å². The van der Waals surface area contributed by atoms with Gasteiger partial charge in [-0.05, 0) is 42.7 Å². The quantitative estimate of drug-likeness (QED) is 0.835. The molecular formula is C23H25NO5. The van der Waals surface area contributed by atoms with Crippen LogP contribution in [0, 0.1) is 11.8 Å². The molecule has 0 radical (unpaired) electrons. The van der Waals surface area contributed by atoms with Crippen molar-refractivity contribution in [2.45, 2.75) is 45.6 Å². The third-order valence-corrected chi connectivity index (χ3v) is 6.32. The van der Waals surface area contributed by atoms with Crippen LogP contribution in [-0.2, 0) is 12.8 Å². The number of carboxylic acids is 1. The highest BCUT2D eigenvalue weighted by molar-refractivity contribution is 5.88. The highest BCUT2D eigenvalue weighted by Crippen LogP contribution is 2.48. The van der Waals surface area contributed by atoms with E-state index < -0.39 is 11.4 Å². The van der Waals surface area contributed by atoms with Gasteiger partial charge in [0, 0.05) is 35.9 Å². The maximum atomic E-state index is 12.5. The zero-order chi connectivity index (χ0) is 20.3. The second kappa shape index (κ2) is 6.65. The smallest absolute Gasteiger partial charge is 0.341 e. The fourth-order valence-electron chi connectivity index (χ4n) is 4.55. The first kappa shape index (κ1) is 18.3. The molecular weight excluding hydrogens is 370 g/mol. The van der Waals surface area contributed by atoms with E-state index in [1.807, 2.05) is 4.57 Å². The topological polar surface area (TPSA) is 77.8 Å². The molecule has 5 rings (SSSR count). The van der Waals surface area contributed by atoms with Crippen LogP contribution in [0.1, 0.15) is 54.2 Å². The molecule has 1 aromatic heterocycles. The molecule has 6 nitrogen and oxygen atoms in total. The molecule has 0 bridgehead atoms. The monoisotopic (exact) mass is 395 g/mol. The number of aromatic carboxylic acids is 1. The molecule has 29 heavy (non-hydrogen) atoms. The molecule has 1 fully saturated rings. The number of hydrogen-bond acceptors (Lipinski definition) is 4. The van der Waals surface area contributed by atoms with E-state index in [1.165, 1.54) is 25.1 Å². The molecule has 0 unspecified atom stereocenters. The van der Waals surface area contributed by atoms with Crippen LogP contribution in [0.5, 0.6) is 11.5 Å². The average Bonchev–Trinajstić information content (AvgIpc) is 3.38. The Morgan fingerprint density at radius 1 is 1.34 bits per heavy atom. The molecule has 1 aliphatic carbocycles. The van der Waals surface area contributed by atoms with Crippen molar-refractivity contribution >= 4 is 5.97 Å².